The monoisotopic (exact) mass is 121 g/mol. The summed E-state index contributed by atoms with van der Waals surface area (Å²) in [5, 5.41) is 16.6. The molecule has 0 aromatic heterocycles. The molecule has 0 aliphatic rings. The molecule has 0 aromatic rings. The predicted octanol–water partition coefficient (Wildman–Crippen LogP) is -1.73. The fraction of sp³-hybridized carbons (Fsp3) is 1.00. The van der Waals surface area contributed by atoms with Crippen LogP contribution in [0.4, 0.5) is 0 Å². The molecule has 1 unspecified atom stereocenters. The summed E-state index contributed by atoms with van der Waals surface area (Å²) in [5.74, 6) is 0. The smallest absolute Gasteiger partial charge is 0.177 e. The second kappa shape index (κ2) is 4.99. The second-order valence-electron chi connectivity index (χ2n) is 1.30. The number of hydrogen-bond donors (Lipinski definition) is 3. The van der Waals surface area contributed by atoms with Gasteiger partial charge in [-0.2, -0.15) is 0 Å². The molecule has 4 nitrogen and oxygen atoms in total. The lowest BCUT2D eigenvalue weighted by Gasteiger charge is -2.05. The molecular formula is C4H11NO3. The Kier molecular flexibility index (Phi) is 4.89. The highest BCUT2D eigenvalue weighted by molar-refractivity contribution is 4.34. The molecule has 0 radical (unpaired) electrons. The molecule has 0 aliphatic carbocycles. The molecule has 0 bridgehead atoms. The van der Waals surface area contributed by atoms with E-state index >= 15 is 0 Å². The second-order valence-corrected chi connectivity index (χ2v) is 1.30. The molecule has 50 valence electrons. The van der Waals surface area contributed by atoms with Crippen LogP contribution in [0.1, 0.15) is 0 Å². The van der Waals surface area contributed by atoms with Crippen molar-refractivity contribution in [2.75, 3.05) is 19.8 Å². The maximum absolute atomic E-state index is 8.46. The Morgan fingerprint density at radius 3 is 2.62 bits per heavy atom. The van der Waals surface area contributed by atoms with Gasteiger partial charge in [-0.15, -0.1) is 0 Å². The van der Waals surface area contributed by atoms with Crippen LogP contribution in [-0.4, -0.2) is 36.3 Å². The topological polar surface area (TPSA) is 75.7 Å². The largest absolute Gasteiger partial charge is 0.391 e. The zero-order valence-corrected chi connectivity index (χ0v) is 4.58. The summed E-state index contributed by atoms with van der Waals surface area (Å²) >= 11 is 0. The molecule has 4 heteroatoms. The minimum Gasteiger partial charge on any atom is -0.391 e. The number of aliphatic hydroxyl groups is 2. The molecule has 0 amide bonds. The van der Waals surface area contributed by atoms with Gasteiger partial charge in [-0.1, -0.05) is 0 Å². The SMILES string of the molecule is NCCOC(O)CO. The lowest BCUT2D eigenvalue weighted by molar-refractivity contribution is -0.121. The molecule has 1 atom stereocenters. The fourth-order valence-electron chi connectivity index (χ4n) is 0.257. The van der Waals surface area contributed by atoms with Crippen molar-refractivity contribution in [3.05, 3.63) is 0 Å². The van der Waals surface area contributed by atoms with Crippen molar-refractivity contribution < 1.29 is 14.9 Å². The van der Waals surface area contributed by atoms with Gasteiger partial charge in [-0.3, -0.25) is 0 Å². The van der Waals surface area contributed by atoms with E-state index in [1.807, 2.05) is 0 Å². The van der Waals surface area contributed by atoms with E-state index in [0.717, 1.165) is 0 Å². The number of rotatable bonds is 4. The van der Waals surface area contributed by atoms with E-state index in [9.17, 15) is 0 Å². The van der Waals surface area contributed by atoms with Crippen LogP contribution in [0, 0.1) is 0 Å². The van der Waals surface area contributed by atoms with Gasteiger partial charge < -0.3 is 20.7 Å². The molecular weight excluding hydrogens is 110 g/mol. The fourth-order valence-corrected chi connectivity index (χ4v) is 0.257. The highest BCUT2D eigenvalue weighted by atomic mass is 16.6. The molecule has 0 fully saturated rings. The predicted molar refractivity (Wildman–Crippen MR) is 28.1 cm³/mol. The van der Waals surface area contributed by atoms with Crippen LogP contribution >= 0.6 is 0 Å². The Morgan fingerprint density at radius 2 is 2.25 bits per heavy atom. The minimum absolute atomic E-state index is 0.279. The first kappa shape index (κ1) is 7.84. The van der Waals surface area contributed by atoms with E-state index in [1.54, 1.807) is 0 Å². The first-order valence-corrected chi connectivity index (χ1v) is 2.42. The Bertz CT molecular complexity index is 50.5. The number of hydrogen-bond acceptors (Lipinski definition) is 4. The van der Waals surface area contributed by atoms with E-state index in [0.29, 0.717) is 6.54 Å². The molecule has 0 aromatic carbocycles. The zero-order valence-electron chi connectivity index (χ0n) is 4.58. The molecule has 8 heavy (non-hydrogen) atoms. The molecule has 0 rings (SSSR count). The first-order valence-electron chi connectivity index (χ1n) is 2.42. The maximum Gasteiger partial charge on any atom is 0.177 e. The summed E-state index contributed by atoms with van der Waals surface area (Å²) in [5.41, 5.74) is 5.01. The molecule has 0 saturated carbocycles. The standard InChI is InChI=1S/C4H11NO3/c5-1-2-8-4(7)3-6/h4,6-7H,1-3,5H2. The summed E-state index contributed by atoms with van der Waals surface area (Å²) in [6, 6.07) is 0. The van der Waals surface area contributed by atoms with E-state index in [2.05, 4.69) is 4.74 Å². The van der Waals surface area contributed by atoms with Crippen LogP contribution in [0.25, 0.3) is 0 Å². The van der Waals surface area contributed by atoms with Crippen molar-refractivity contribution in [1.29, 1.82) is 0 Å². The average molecular weight is 121 g/mol. The van der Waals surface area contributed by atoms with Crippen LogP contribution < -0.4 is 5.73 Å². The van der Waals surface area contributed by atoms with E-state index in [-0.39, 0.29) is 13.2 Å². The van der Waals surface area contributed by atoms with Crippen LogP contribution in [0.3, 0.4) is 0 Å². The zero-order chi connectivity index (χ0) is 6.41. The Morgan fingerprint density at radius 1 is 1.62 bits per heavy atom. The molecule has 0 aliphatic heterocycles. The van der Waals surface area contributed by atoms with Crippen molar-refractivity contribution in [2.45, 2.75) is 6.29 Å². The lowest BCUT2D eigenvalue weighted by Crippen LogP contribution is -2.20. The van der Waals surface area contributed by atoms with Crippen molar-refractivity contribution in [2.24, 2.45) is 5.73 Å². The maximum atomic E-state index is 8.46. The number of nitrogens with two attached hydrogens (primary N) is 1. The van der Waals surface area contributed by atoms with Crippen molar-refractivity contribution in [3.63, 3.8) is 0 Å². The van der Waals surface area contributed by atoms with Crippen molar-refractivity contribution >= 4 is 0 Å². The van der Waals surface area contributed by atoms with Crippen LogP contribution in [-0.2, 0) is 4.74 Å². The Hall–Kier alpha value is -0.160. The van der Waals surface area contributed by atoms with Gasteiger partial charge >= 0.3 is 0 Å². The highest BCUT2D eigenvalue weighted by Crippen LogP contribution is 1.80. The van der Waals surface area contributed by atoms with E-state index < -0.39 is 6.29 Å². The molecule has 4 N–H and O–H groups in total. The summed E-state index contributed by atoms with van der Waals surface area (Å²) in [6.07, 6.45) is -1.07. The third-order valence-corrected chi connectivity index (χ3v) is 0.584. The van der Waals surface area contributed by atoms with Gasteiger partial charge in [0.05, 0.1) is 13.2 Å². The molecule has 0 spiro atoms. The number of ether oxygens (including phenoxy) is 1. The first-order chi connectivity index (χ1) is 3.81. The summed E-state index contributed by atoms with van der Waals surface area (Å²) in [4.78, 5) is 0. The summed E-state index contributed by atoms with van der Waals surface area (Å²) in [6.45, 7) is 0.263. The highest BCUT2D eigenvalue weighted by Gasteiger charge is 1.97. The molecule has 0 heterocycles. The van der Waals surface area contributed by atoms with Crippen molar-refractivity contribution in [1.82, 2.24) is 0 Å². The van der Waals surface area contributed by atoms with Gasteiger partial charge in [0.2, 0.25) is 0 Å². The van der Waals surface area contributed by atoms with Gasteiger partial charge in [0.1, 0.15) is 0 Å². The Balaban J connectivity index is 2.86. The molecule has 0 saturated heterocycles. The lowest BCUT2D eigenvalue weighted by atomic mass is 10.6. The van der Waals surface area contributed by atoms with Crippen LogP contribution in [0.5, 0.6) is 0 Å². The summed E-state index contributed by atoms with van der Waals surface area (Å²) in [7, 11) is 0. The summed E-state index contributed by atoms with van der Waals surface area (Å²) < 4.78 is 4.52. The average Bonchev–Trinajstić information content (AvgIpc) is 1.83. The van der Waals surface area contributed by atoms with Gasteiger partial charge in [0.15, 0.2) is 6.29 Å². The van der Waals surface area contributed by atoms with Gasteiger partial charge in [0.25, 0.3) is 0 Å². The minimum atomic E-state index is -1.07. The van der Waals surface area contributed by atoms with Gasteiger partial charge in [-0.05, 0) is 0 Å². The van der Waals surface area contributed by atoms with Crippen molar-refractivity contribution in [3.8, 4) is 0 Å². The number of aliphatic hydroxyl groups excluding tert-OH is 2. The van der Waals surface area contributed by atoms with E-state index in [4.69, 9.17) is 15.9 Å². The van der Waals surface area contributed by atoms with Crippen LogP contribution in [0.15, 0.2) is 0 Å². The third-order valence-electron chi connectivity index (χ3n) is 0.584. The van der Waals surface area contributed by atoms with E-state index in [1.165, 1.54) is 0 Å². The van der Waals surface area contributed by atoms with Crippen LogP contribution in [0.2, 0.25) is 0 Å². The van der Waals surface area contributed by atoms with Gasteiger partial charge in [0, 0.05) is 6.54 Å². The van der Waals surface area contributed by atoms with Gasteiger partial charge in [-0.25, -0.2) is 0 Å². The Labute approximate surface area is 47.9 Å². The quantitative estimate of drug-likeness (QED) is 0.386. The normalized spacial score (nSPS) is 13.9. The third kappa shape index (κ3) is 4.01.